The van der Waals surface area contributed by atoms with Crippen LogP contribution in [-0.4, -0.2) is 57.5 Å². The van der Waals surface area contributed by atoms with E-state index in [1.165, 1.54) is 5.56 Å². The van der Waals surface area contributed by atoms with Crippen molar-refractivity contribution in [3.63, 3.8) is 0 Å². The van der Waals surface area contributed by atoms with Crippen LogP contribution in [0.5, 0.6) is 5.75 Å². The van der Waals surface area contributed by atoms with Crippen molar-refractivity contribution >= 4 is 10.0 Å². The monoisotopic (exact) mass is 388 g/mol. The van der Waals surface area contributed by atoms with E-state index in [1.807, 2.05) is 31.2 Å². The van der Waals surface area contributed by atoms with Gasteiger partial charge in [0.05, 0.1) is 12.0 Å². The molecule has 0 saturated carbocycles. The van der Waals surface area contributed by atoms with Crippen LogP contribution in [0.1, 0.15) is 17.5 Å². The highest BCUT2D eigenvalue weighted by atomic mass is 32.2. The molecule has 0 bridgehead atoms. The van der Waals surface area contributed by atoms with Gasteiger partial charge in [0, 0.05) is 26.2 Å². The van der Waals surface area contributed by atoms with Crippen LogP contribution in [0.4, 0.5) is 0 Å². The van der Waals surface area contributed by atoms with Gasteiger partial charge in [-0.15, -0.1) is 0 Å². The highest BCUT2D eigenvalue weighted by Crippen LogP contribution is 2.20. The van der Waals surface area contributed by atoms with Gasteiger partial charge in [-0.25, -0.2) is 8.42 Å². The molecule has 27 heavy (non-hydrogen) atoms. The van der Waals surface area contributed by atoms with Crippen LogP contribution in [0.3, 0.4) is 0 Å². The number of piperazine rings is 1. The van der Waals surface area contributed by atoms with Crippen molar-refractivity contribution in [1.29, 1.82) is 0 Å². The molecule has 0 N–H and O–H groups in total. The zero-order chi connectivity index (χ0) is 19.3. The van der Waals surface area contributed by atoms with Crippen molar-refractivity contribution in [3.05, 3.63) is 59.7 Å². The van der Waals surface area contributed by atoms with E-state index >= 15 is 0 Å². The molecular formula is C21H28N2O3S. The SMILES string of the molecule is COc1ccccc1CCCN1CCN(S(=O)(=O)c2cccc(C)c2)CC1. The van der Waals surface area contributed by atoms with E-state index in [9.17, 15) is 8.42 Å². The van der Waals surface area contributed by atoms with E-state index in [4.69, 9.17) is 4.74 Å². The van der Waals surface area contributed by atoms with E-state index in [1.54, 1.807) is 29.6 Å². The van der Waals surface area contributed by atoms with Gasteiger partial charge in [-0.2, -0.15) is 4.31 Å². The predicted molar refractivity (Wildman–Crippen MR) is 108 cm³/mol. The minimum Gasteiger partial charge on any atom is -0.496 e. The summed E-state index contributed by atoms with van der Waals surface area (Å²) in [6.45, 7) is 5.53. The summed E-state index contributed by atoms with van der Waals surface area (Å²) in [7, 11) is -1.69. The summed E-state index contributed by atoms with van der Waals surface area (Å²) in [5, 5.41) is 0. The molecule has 0 aliphatic carbocycles. The van der Waals surface area contributed by atoms with Crippen LogP contribution in [0.25, 0.3) is 0 Å². The summed E-state index contributed by atoms with van der Waals surface area (Å²) in [4.78, 5) is 2.74. The quantitative estimate of drug-likeness (QED) is 0.732. The second-order valence-electron chi connectivity index (χ2n) is 6.98. The number of hydrogen-bond acceptors (Lipinski definition) is 4. The van der Waals surface area contributed by atoms with Crippen LogP contribution in [0.2, 0.25) is 0 Å². The lowest BCUT2D eigenvalue weighted by molar-refractivity contribution is 0.186. The summed E-state index contributed by atoms with van der Waals surface area (Å²) >= 11 is 0. The maximum atomic E-state index is 12.8. The van der Waals surface area contributed by atoms with Crippen molar-refractivity contribution in [1.82, 2.24) is 9.21 Å². The Morgan fingerprint density at radius 2 is 1.74 bits per heavy atom. The van der Waals surface area contributed by atoms with Crippen molar-refractivity contribution < 1.29 is 13.2 Å². The zero-order valence-corrected chi connectivity index (χ0v) is 16.9. The van der Waals surface area contributed by atoms with Crippen LogP contribution < -0.4 is 4.74 Å². The Morgan fingerprint density at radius 1 is 1.00 bits per heavy atom. The molecule has 3 rings (SSSR count). The summed E-state index contributed by atoms with van der Waals surface area (Å²) in [5.74, 6) is 0.937. The van der Waals surface area contributed by atoms with Crippen molar-refractivity contribution in [2.24, 2.45) is 0 Å². The molecule has 1 heterocycles. The standard InChI is InChI=1S/C21H28N2O3S/c1-18-7-5-10-20(17-18)27(24,25)23-15-13-22(14-16-23)12-6-9-19-8-3-4-11-21(19)26-2/h3-5,7-8,10-11,17H,6,9,12-16H2,1-2H3. The fraction of sp³-hybridized carbons (Fsp3) is 0.429. The minimum absolute atomic E-state index is 0.395. The molecule has 0 atom stereocenters. The Balaban J connectivity index is 1.50. The maximum absolute atomic E-state index is 12.8. The van der Waals surface area contributed by atoms with Gasteiger partial charge in [-0.1, -0.05) is 30.3 Å². The molecule has 146 valence electrons. The van der Waals surface area contributed by atoms with Gasteiger partial charge in [0.15, 0.2) is 0 Å². The molecule has 2 aromatic rings. The Labute approximate surface area is 162 Å². The summed E-state index contributed by atoms with van der Waals surface area (Å²) < 4.78 is 32.6. The van der Waals surface area contributed by atoms with E-state index < -0.39 is 10.0 Å². The first-order chi connectivity index (χ1) is 13.0. The third-order valence-electron chi connectivity index (χ3n) is 5.07. The highest BCUT2D eigenvalue weighted by molar-refractivity contribution is 7.89. The lowest BCUT2D eigenvalue weighted by Gasteiger charge is -2.34. The maximum Gasteiger partial charge on any atom is 0.243 e. The number of hydrogen-bond donors (Lipinski definition) is 0. The summed E-state index contributed by atoms with van der Waals surface area (Å²) in [6, 6.07) is 15.3. The van der Waals surface area contributed by atoms with Gasteiger partial charge in [0.2, 0.25) is 10.0 Å². The summed E-state index contributed by atoms with van der Waals surface area (Å²) in [6.07, 6.45) is 2.00. The molecule has 0 unspecified atom stereocenters. The predicted octanol–water partition coefficient (Wildman–Crippen LogP) is 2.94. The fourth-order valence-corrected chi connectivity index (χ4v) is 5.05. The number of nitrogens with zero attached hydrogens (tertiary/aromatic N) is 2. The molecule has 0 aromatic heterocycles. The Bertz CT molecular complexity index is 859. The van der Waals surface area contributed by atoms with Gasteiger partial charge < -0.3 is 9.64 Å². The second-order valence-corrected chi connectivity index (χ2v) is 8.92. The molecule has 1 aliphatic rings. The zero-order valence-electron chi connectivity index (χ0n) is 16.1. The number of ether oxygens (including phenoxy) is 1. The average Bonchev–Trinajstić information content (AvgIpc) is 2.69. The van der Waals surface area contributed by atoms with Gasteiger partial charge >= 0.3 is 0 Å². The van der Waals surface area contributed by atoms with Crippen molar-refractivity contribution in [2.45, 2.75) is 24.7 Å². The van der Waals surface area contributed by atoms with Crippen LogP contribution in [0.15, 0.2) is 53.4 Å². The first-order valence-electron chi connectivity index (χ1n) is 9.42. The first-order valence-corrected chi connectivity index (χ1v) is 10.9. The molecule has 1 saturated heterocycles. The Morgan fingerprint density at radius 3 is 2.44 bits per heavy atom. The van der Waals surface area contributed by atoms with E-state index in [-0.39, 0.29) is 0 Å². The Kier molecular flexibility index (Phi) is 6.52. The third kappa shape index (κ3) is 4.89. The molecule has 1 fully saturated rings. The molecule has 1 aliphatic heterocycles. The van der Waals surface area contributed by atoms with E-state index in [0.29, 0.717) is 18.0 Å². The smallest absolute Gasteiger partial charge is 0.243 e. The Hall–Kier alpha value is -1.89. The molecule has 0 spiro atoms. The number of aryl methyl sites for hydroxylation is 2. The molecule has 6 heteroatoms. The van der Waals surface area contributed by atoms with Crippen LogP contribution >= 0.6 is 0 Å². The fourth-order valence-electron chi connectivity index (χ4n) is 3.52. The van der Waals surface area contributed by atoms with Crippen molar-refractivity contribution in [2.75, 3.05) is 39.8 Å². The lowest BCUT2D eigenvalue weighted by atomic mass is 10.1. The highest BCUT2D eigenvalue weighted by Gasteiger charge is 2.28. The van der Waals surface area contributed by atoms with Crippen molar-refractivity contribution in [3.8, 4) is 5.75 Å². The second kappa shape index (κ2) is 8.87. The molecule has 2 aromatic carbocycles. The van der Waals surface area contributed by atoms with Crippen LogP contribution in [-0.2, 0) is 16.4 Å². The average molecular weight is 389 g/mol. The van der Waals surface area contributed by atoms with Gasteiger partial charge in [-0.05, 0) is 55.6 Å². The van der Waals surface area contributed by atoms with Gasteiger partial charge in [-0.3, -0.25) is 0 Å². The third-order valence-corrected chi connectivity index (χ3v) is 6.97. The number of rotatable bonds is 7. The largest absolute Gasteiger partial charge is 0.496 e. The minimum atomic E-state index is -3.39. The molecule has 5 nitrogen and oxygen atoms in total. The van der Waals surface area contributed by atoms with E-state index in [0.717, 1.165) is 43.8 Å². The topological polar surface area (TPSA) is 49.9 Å². The number of methoxy groups -OCH3 is 1. The number of para-hydroxylation sites is 1. The number of sulfonamides is 1. The summed E-state index contributed by atoms with van der Waals surface area (Å²) in [5.41, 5.74) is 2.19. The van der Waals surface area contributed by atoms with Gasteiger partial charge in [0.1, 0.15) is 5.75 Å². The number of benzene rings is 2. The molecular weight excluding hydrogens is 360 g/mol. The van der Waals surface area contributed by atoms with Crippen LogP contribution in [0, 0.1) is 6.92 Å². The molecule has 0 radical (unpaired) electrons. The first kappa shape index (κ1) is 19.9. The normalized spacial score (nSPS) is 16.4. The van der Waals surface area contributed by atoms with Gasteiger partial charge in [0.25, 0.3) is 0 Å². The lowest BCUT2D eigenvalue weighted by Crippen LogP contribution is -2.48. The van der Waals surface area contributed by atoms with E-state index in [2.05, 4.69) is 11.0 Å². The molecule has 0 amide bonds.